The van der Waals surface area contributed by atoms with E-state index in [4.69, 9.17) is 23.7 Å². The van der Waals surface area contributed by atoms with Crippen molar-refractivity contribution in [2.75, 3.05) is 21.0 Å². The quantitative estimate of drug-likeness (QED) is 0.260. The van der Waals surface area contributed by atoms with E-state index in [-0.39, 0.29) is 18.9 Å². The predicted molar refractivity (Wildman–Crippen MR) is 142 cm³/mol. The number of rotatable bonds is 6. The molecule has 7 heteroatoms. The van der Waals surface area contributed by atoms with E-state index in [1.54, 1.807) is 14.2 Å². The first-order valence-electron chi connectivity index (χ1n) is 12.8. The van der Waals surface area contributed by atoms with Crippen LogP contribution >= 0.6 is 0 Å². The SMILES string of the molecule is COc1ccc2c(Cc3ccc(C(=O)OC(C)C)cc3)c3[n+](cc2c1OC)CCc1cc2c(cc1-3)OCO2. The summed E-state index contributed by atoms with van der Waals surface area (Å²) in [6.45, 7) is 4.76. The number of hydrogen-bond donors (Lipinski definition) is 0. The number of nitrogens with zero attached hydrogens (tertiary/aromatic N) is 1. The Labute approximate surface area is 221 Å². The Balaban J connectivity index is 1.52. The molecular weight excluding hydrogens is 482 g/mol. The Hall–Kier alpha value is -4.26. The zero-order valence-corrected chi connectivity index (χ0v) is 22.0. The molecule has 0 saturated carbocycles. The van der Waals surface area contributed by atoms with Crippen molar-refractivity contribution in [3.05, 3.63) is 77.0 Å². The average molecular weight is 513 g/mol. The zero-order chi connectivity index (χ0) is 26.4. The fourth-order valence-electron chi connectivity index (χ4n) is 5.43. The van der Waals surface area contributed by atoms with E-state index >= 15 is 0 Å². The highest BCUT2D eigenvalue weighted by Gasteiger charge is 2.32. The summed E-state index contributed by atoms with van der Waals surface area (Å²) in [7, 11) is 3.33. The molecule has 2 aliphatic heterocycles. The number of aromatic nitrogens is 1. The lowest BCUT2D eigenvalue weighted by Crippen LogP contribution is -2.41. The fraction of sp³-hybridized carbons (Fsp3) is 0.290. The smallest absolute Gasteiger partial charge is 0.338 e. The lowest BCUT2D eigenvalue weighted by molar-refractivity contribution is -0.686. The number of benzene rings is 3. The summed E-state index contributed by atoms with van der Waals surface area (Å²) in [6, 6.07) is 15.9. The molecule has 4 aromatic rings. The van der Waals surface area contributed by atoms with Crippen LogP contribution in [-0.4, -0.2) is 33.1 Å². The van der Waals surface area contributed by atoms with Crippen LogP contribution in [0.3, 0.4) is 0 Å². The number of carbonyl (C=O) groups excluding carboxylic acids is 1. The number of hydrogen-bond acceptors (Lipinski definition) is 6. The molecule has 7 nitrogen and oxygen atoms in total. The average Bonchev–Trinajstić information content (AvgIpc) is 3.38. The van der Waals surface area contributed by atoms with Crippen LogP contribution in [0.4, 0.5) is 0 Å². The molecule has 0 saturated heterocycles. The number of esters is 1. The standard InChI is InChI=1S/C31H30NO6/c1-18(2)38-31(33)20-7-5-19(6-8-20)13-24-22-9-10-26(34-3)30(35-4)25(22)16-32-12-11-21-14-27-28(37-17-36-27)15-23(21)29(24)32/h5-10,14-16,18H,11-13,17H2,1-4H3/q+1. The molecule has 0 bridgehead atoms. The molecule has 3 heterocycles. The van der Waals surface area contributed by atoms with E-state index in [0.29, 0.717) is 23.5 Å². The monoisotopic (exact) mass is 512 g/mol. The van der Waals surface area contributed by atoms with Crippen LogP contribution in [0.1, 0.15) is 40.9 Å². The summed E-state index contributed by atoms with van der Waals surface area (Å²) in [5.74, 6) is 2.66. The van der Waals surface area contributed by atoms with Gasteiger partial charge >= 0.3 is 5.97 Å². The molecule has 1 aromatic heterocycles. The molecule has 3 aromatic carbocycles. The molecule has 2 aliphatic rings. The molecule has 0 radical (unpaired) electrons. The highest BCUT2D eigenvalue weighted by atomic mass is 16.7. The van der Waals surface area contributed by atoms with Crippen LogP contribution in [-0.2, 0) is 24.1 Å². The van der Waals surface area contributed by atoms with Gasteiger partial charge in [0.05, 0.1) is 36.8 Å². The van der Waals surface area contributed by atoms with Gasteiger partial charge in [0.1, 0.15) is 0 Å². The van der Waals surface area contributed by atoms with Crippen molar-refractivity contribution in [3.8, 4) is 34.3 Å². The van der Waals surface area contributed by atoms with Gasteiger partial charge in [-0.05, 0) is 61.4 Å². The zero-order valence-electron chi connectivity index (χ0n) is 22.0. The minimum Gasteiger partial charge on any atom is -0.493 e. The van der Waals surface area contributed by atoms with Gasteiger partial charge in [0, 0.05) is 23.8 Å². The van der Waals surface area contributed by atoms with Gasteiger partial charge in [-0.3, -0.25) is 0 Å². The van der Waals surface area contributed by atoms with Crippen molar-refractivity contribution in [3.63, 3.8) is 0 Å². The minimum atomic E-state index is -0.313. The molecule has 0 amide bonds. The maximum absolute atomic E-state index is 12.4. The van der Waals surface area contributed by atoms with Gasteiger partial charge < -0.3 is 23.7 Å². The summed E-state index contributed by atoms with van der Waals surface area (Å²) in [6.07, 6.45) is 3.54. The van der Waals surface area contributed by atoms with Gasteiger partial charge in [-0.25, -0.2) is 4.79 Å². The maximum Gasteiger partial charge on any atom is 0.338 e. The summed E-state index contributed by atoms with van der Waals surface area (Å²) >= 11 is 0. The van der Waals surface area contributed by atoms with Gasteiger partial charge in [-0.2, -0.15) is 4.57 Å². The van der Waals surface area contributed by atoms with Crippen LogP contribution in [0.2, 0.25) is 0 Å². The number of pyridine rings is 1. The normalized spacial score (nSPS) is 13.3. The lowest BCUT2D eigenvalue weighted by atomic mass is 9.88. The Bertz CT molecular complexity index is 1560. The van der Waals surface area contributed by atoms with E-state index in [0.717, 1.165) is 52.1 Å². The van der Waals surface area contributed by atoms with E-state index in [1.807, 2.05) is 44.2 Å². The van der Waals surface area contributed by atoms with E-state index in [1.165, 1.54) is 11.1 Å². The van der Waals surface area contributed by atoms with Gasteiger partial charge in [0.2, 0.25) is 12.5 Å². The van der Waals surface area contributed by atoms with Crippen LogP contribution in [0.15, 0.2) is 54.7 Å². The lowest BCUT2D eigenvalue weighted by Gasteiger charge is -2.21. The second-order valence-corrected chi connectivity index (χ2v) is 9.85. The summed E-state index contributed by atoms with van der Waals surface area (Å²) in [5.41, 5.74) is 6.32. The number of methoxy groups -OCH3 is 2. The molecule has 194 valence electrons. The first kappa shape index (κ1) is 24.1. The molecule has 0 unspecified atom stereocenters. The van der Waals surface area contributed by atoms with Crippen molar-refractivity contribution in [1.29, 1.82) is 0 Å². The molecule has 0 atom stereocenters. The van der Waals surface area contributed by atoms with Gasteiger partial charge in [-0.1, -0.05) is 12.1 Å². The van der Waals surface area contributed by atoms with Crippen molar-refractivity contribution in [2.45, 2.75) is 39.3 Å². The topological polar surface area (TPSA) is 67.1 Å². The molecule has 0 fully saturated rings. The van der Waals surface area contributed by atoms with Crippen molar-refractivity contribution in [1.82, 2.24) is 0 Å². The number of ether oxygens (including phenoxy) is 5. The summed E-state index contributed by atoms with van der Waals surface area (Å²) in [5, 5.41) is 2.08. The molecule has 0 N–H and O–H groups in total. The molecule has 6 rings (SSSR count). The first-order chi connectivity index (χ1) is 18.5. The largest absolute Gasteiger partial charge is 0.493 e. The van der Waals surface area contributed by atoms with E-state index < -0.39 is 0 Å². The molecular formula is C31H30NO6+. The Kier molecular flexibility index (Phi) is 6.06. The third-order valence-corrected chi connectivity index (χ3v) is 7.16. The summed E-state index contributed by atoms with van der Waals surface area (Å²) in [4.78, 5) is 12.4. The number of aryl methyl sites for hydroxylation is 2. The van der Waals surface area contributed by atoms with Crippen LogP contribution < -0.4 is 23.5 Å². The van der Waals surface area contributed by atoms with Crippen molar-refractivity contribution >= 4 is 16.7 Å². The maximum atomic E-state index is 12.4. The Morgan fingerprint density at radius 1 is 0.974 bits per heavy atom. The Morgan fingerprint density at radius 2 is 1.74 bits per heavy atom. The Morgan fingerprint density at radius 3 is 2.45 bits per heavy atom. The molecule has 38 heavy (non-hydrogen) atoms. The second kappa shape index (κ2) is 9.56. The third-order valence-electron chi connectivity index (χ3n) is 7.16. The van der Waals surface area contributed by atoms with Crippen LogP contribution in [0, 0.1) is 0 Å². The third kappa shape index (κ3) is 4.08. The van der Waals surface area contributed by atoms with Gasteiger partial charge in [0.15, 0.2) is 35.7 Å². The van der Waals surface area contributed by atoms with Gasteiger partial charge in [0.25, 0.3) is 0 Å². The highest BCUT2D eigenvalue weighted by Crippen LogP contribution is 2.44. The van der Waals surface area contributed by atoms with Crippen molar-refractivity contribution < 1.29 is 33.0 Å². The minimum absolute atomic E-state index is 0.163. The van der Waals surface area contributed by atoms with E-state index in [9.17, 15) is 4.79 Å². The molecule has 0 spiro atoms. The highest BCUT2D eigenvalue weighted by molar-refractivity contribution is 5.95. The molecule has 0 aliphatic carbocycles. The fourth-order valence-corrected chi connectivity index (χ4v) is 5.43. The first-order valence-corrected chi connectivity index (χ1v) is 12.8. The van der Waals surface area contributed by atoms with Crippen molar-refractivity contribution in [2.24, 2.45) is 0 Å². The second-order valence-electron chi connectivity index (χ2n) is 9.85. The van der Waals surface area contributed by atoms with Gasteiger partial charge in [-0.15, -0.1) is 0 Å². The van der Waals surface area contributed by atoms with E-state index in [2.05, 4.69) is 29.0 Å². The number of fused-ring (bicyclic) bond motifs is 5. The number of carbonyl (C=O) groups is 1. The predicted octanol–water partition coefficient (Wildman–Crippen LogP) is 5.25. The van der Waals surface area contributed by atoms with Crippen LogP contribution in [0.25, 0.3) is 22.0 Å². The van der Waals surface area contributed by atoms with Crippen LogP contribution in [0.5, 0.6) is 23.0 Å². The summed E-state index contributed by atoms with van der Waals surface area (Å²) < 4.78 is 30.5.